The molecule has 1 aliphatic rings. The predicted octanol–water partition coefficient (Wildman–Crippen LogP) is 2.76. The minimum absolute atomic E-state index is 0.247. The second-order valence-corrected chi connectivity index (χ2v) is 10.6. The summed E-state index contributed by atoms with van der Waals surface area (Å²) >= 11 is 0. The number of pyridine rings is 1. The van der Waals surface area contributed by atoms with E-state index >= 15 is 4.39 Å². The average molecular weight is 596 g/mol. The van der Waals surface area contributed by atoms with Gasteiger partial charge in [0.1, 0.15) is 28.7 Å². The highest BCUT2D eigenvalue weighted by Crippen LogP contribution is 2.38. The molecule has 42 heavy (non-hydrogen) atoms. The van der Waals surface area contributed by atoms with Crippen molar-refractivity contribution in [1.29, 1.82) is 0 Å². The van der Waals surface area contributed by atoms with E-state index in [0.717, 1.165) is 10.9 Å². The number of nitrogens with zero attached hydrogens (tertiary/aromatic N) is 4. The van der Waals surface area contributed by atoms with Crippen LogP contribution in [0.15, 0.2) is 48.7 Å². The Labute approximate surface area is 245 Å². The summed E-state index contributed by atoms with van der Waals surface area (Å²) in [7, 11) is -1.11. The van der Waals surface area contributed by atoms with Crippen molar-refractivity contribution >= 4 is 33.4 Å². The van der Waals surface area contributed by atoms with E-state index in [0.29, 0.717) is 97.7 Å². The Balaban J connectivity index is 1.58. The molecule has 2 aromatic carbocycles. The second-order valence-electron chi connectivity index (χ2n) is 9.74. The number of nitrogens with one attached hydrogen (secondary N) is 2. The molecule has 4 aromatic rings. The summed E-state index contributed by atoms with van der Waals surface area (Å²) in [6.45, 7) is 3.77. The van der Waals surface area contributed by atoms with Crippen molar-refractivity contribution in [2.45, 2.75) is 12.8 Å². The topological polar surface area (TPSA) is 145 Å². The smallest absolute Gasteiger partial charge is 0.201 e. The first-order valence-corrected chi connectivity index (χ1v) is 14.9. The molecule has 2 aromatic heterocycles. The van der Waals surface area contributed by atoms with Crippen LogP contribution < -0.4 is 25.4 Å². The first-order chi connectivity index (χ1) is 20.5. The van der Waals surface area contributed by atoms with E-state index in [4.69, 9.17) is 25.2 Å². The summed E-state index contributed by atoms with van der Waals surface area (Å²) in [6.07, 6.45) is 2.58. The molecule has 222 valence electrons. The van der Waals surface area contributed by atoms with Gasteiger partial charge in [-0.1, -0.05) is 18.2 Å². The standard InChI is InChI=1S/C29H34FN7O4S/c1-40-24-17-21(22-6-2-4-19(26(22)30)5-3-10-34-42(38)39)16-23-27(24)35-28(36-29(23)37-12-14-41-15-13-37)20-7-8-25(33-18-20)32-11-9-31/h2,4,6-8,16-18,42H,3,5,9-15,31H2,1H3,(H,32,33)(H,34,38,39). The molecule has 1 saturated heterocycles. The predicted molar refractivity (Wildman–Crippen MR) is 162 cm³/mol. The molecule has 0 amide bonds. The first kappa shape index (κ1) is 29.6. The number of aromatic nitrogens is 3. The zero-order valence-corrected chi connectivity index (χ0v) is 24.2. The number of hydrogen-bond acceptors (Lipinski definition) is 10. The monoisotopic (exact) mass is 595 g/mol. The summed E-state index contributed by atoms with van der Waals surface area (Å²) in [5.41, 5.74) is 8.48. The van der Waals surface area contributed by atoms with Gasteiger partial charge in [-0.25, -0.2) is 32.5 Å². The maximum absolute atomic E-state index is 15.8. The van der Waals surface area contributed by atoms with E-state index < -0.39 is 10.9 Å². The molecule has 13 heteroatoms. The van der Waals surface area contributed by atoms with Crippen LogP contribution in [0.4, 0.5) is 16.0 Å². The van der Waals surface area contributed by atoms with Crippen molar-refractivity contribution in [2.24, 2.45) is 5.73 Å². The Morgan fingerprint density at radius 3 is 2.64 bits per heavy atom. The highest BCUT2D eigenvalue weighted by atomic mass is 32.2. The zero-order chi connectivity index (χ0) is 29.5. The molecular formula is C29H34FN7O4S. The summed E-state index contributed by atoms with van der Waals surface area (Å²) in [5, 5.41) is 3.89. The average Bonchev–Trinajstić information content (AvgIpc) is 3.02. The number of hydrogen-bond donors (Lipinski definition) is 4. The number of anilines is 2. The molecule has 0 saturated carbocycles. The number of nitrogens with two attached hydrogens (primary N) is 1. The fourth-order valence-electron chi connectivity index (χ4n) is 4.92. The summed E-state index contributed by atoms with van der Waals surface area (Å²) in [5.74, 6) is 2.04. The van der Waals surface area contributed by atoms with Crippen LogP contribution in [0.2, 0.25) is 0 Å². The van der Waals surface area contributed by atoms with Crippen LogP contribution in [-0.4, -0.2) is 76.4 Å². The van der Waals surface area contributed by atoms with Gasteiger partial charge in [0.25, 0.3) is 0 Å². The Bertz CT molecular complexity index is 1600. The van der Waals surface area contributed by atoms with Gasteiger partial charge >= 0.3 is 0 Å². The number of rotatable bonds is 12. The first-order valence-electron chi connectivity index (χ1n) is 13.8. The van der Waals surface area contributed by atoms with Crippen molar-refractivity contribution in [1.82, 2.24) is 19.7 Å². The molecule has 0 atom stereocenters. The molecule has 4 N–H and O–H groups in total. The van der Waals surface area contributed by atoms with Crippen molar-refractivity contribution in [2.75, 3.05) is 63.3 Å². The van der Waals surface area contributed by atoms with Crippen LogP contribution in [-0.2, 0) is 22.0 Å². The lowest BCUT2D eigenvalue weighted by atomic mass is 9.98. The quantitative estimate of drug-likeness (QED) is 0.143. The highest BCUT2D eigenvalue weighted by molar-refractivity contribution is 7.70. The van der Waals surface area contributed by atoms with Gasteiger partial charge in [0.05, 0.1) is 20.3 Å². The highest BCUT2D eigenvalue weighted by Gasteiger charge is 2.22. The molecular weight excluding hydrogens is 561 g/mol. The van der Waals surface area contributed by atoms with Crippen molar-refractivity contribution in [3.05, 3.63) is 60.0 Å². The summed E-state index contributed by atoms with van der Waals surface area (Å²) in [4.78, 5) is 16.5. The van der Waals surface area contributed by atoms with Gasteiger partial charge in [-0.2, -0.15) is 0 Å². The van der Waals surface area contributed by atoms with E-state index in [-0.39, 0.29) is 12.4 Å². The normalized spacial score (nSPS) is 13.6. The number of benzene rings is 2. The number of methoxy groups -OCH3 is 1. The number of fused-ring (bicyclic) bond motifs is 1. The van der Waals surface area contributed by atoms with Crippen molar-refractivity contribution in [3.8, 4) is 28.3 Å². The Kier molecular flexibility index (Phi) is 9.74. The molecule has 3 heterocycles. The van der Waals surface area contributed by atoms with Gasteiger partial charge in [0.15, 0.2) is 5.82 Å². The van der Waals surface area contributed by atoms with Gasteiger partial charge < -0.3 is 25.4 Å². The largest absolute Gasteiger partial charge is 0.494 e. The number of thiol groups is 1. The number of halogens is 1. The third-order valence-electron chi connectivity index (χ3n) is 7.00. The summed E-state index contributed by atoms with van der Waals surface area (Å²) in [6, 6.07) is 12.7. The third kappa shape index (κ3) is 6.76. The fourth-order valence-corrected chi connectivity index (χ4v) is 5.26. The fraction of sp³-hybridized carbons (Fsp3) is 0.345. The molecule has 0 spiro atoms. The molecule has 0 bridgehead atoms. The minimum Gasteiger partial charge on any atom is -0.494 e. The Morgan fingerprint density at radius 1 is 1.10 bits per heavy atom. The Hall–Kier alpha value is -3.91. The van der Waals surface area contributed by atoms with E-state index in [1.165, 1.54) is 0 Å². The minimum atomic E-state index is -2.68. The molecule has 1 fully saturated rings. The van der Waals surface area contributed by atoms with Gasteiger partial charge in [-0.15, -0.1) is 0 Å². The zero-order valence-electron chi connectivity index (χ0n) is 23.3. The van der Waals surface area contributed by atoms with Gasteiger partial charge in [0.2, 0.25) is 10.9 Å². The maximum Gasteiger partial charge on any atom is 0.201 e. The lowest BCUT2D eigenvalue weighted by Crippen LogP contribution is -2.37. The van der Waals surface area contributed by atoms with Crippen molar-refractivity contribution < 1.29 is 22.3 Å². The van der Waals surface area contributed by atoms with Crippen LogP contribution in [0.25, 0.3) is 33.4 Å². The van der Waals surface area contributed by atoms with E-state index in [2.05, 4.69) is 19.9 Å². The van der Waals surface area contributed by atoms with E-state index in [1.807, 2.05) is 18.2 Å². The molecule has 1 aliphatic heterocycles. The molecule has 11 nitrogen and oxygen atoms in total. The molecule has 5 rings (SSSR count). The second kappa shape index (κ2) is 13.8. The van der Waals surface area contributed by atoms with Crippen molar-refractivity contribution in [3.63, 3.8) is 0 Å². The molecule has 0 unspecified atom stereocenters. The lowest BCUT2D eigenvalue weighted by molar-refractivity contribution is 0.122. The lowest BCUT2D eigenvalue weighted by Gasteiger charge is -2.29. The molecule has 0 aliphatic carbocycles. The van der Waals surface area contributed by atoms with Crippen LogP contribution in [0.5, 0.6) is 5.75 Å². The summed E-state index contributed by atoms with van der Waals surface area (Å²) < 4.78 is 51.1. The van der Waals surface area contributed by atoms with Crippen LogP contribution >= 0.6 is 0 Å². The SMILES string of the molecule is COc1cc(-c2cccc(CCCN[SH](=O)=O)c2F)cc2c(N3CCOCC3)nc(-c3ccc(NCCN)nc3)nc12. The van der Waals surface area contributed by atoms with Crippen LogP contribution in [0.1, 0.15) is 12.0 Å². The number of morpholine rings is 1. The van der Waals surface area contributed by atoms with Gasteiger partial charge in [-0.3, -0.25) is 0 Å². The third-order valence-corrected chi connectivity index (χ3v) is 7.48. The van der Waals surface area contributed by atoms with Gasteiger partial charge in [0, 0.05) is 55.4 Å². The van der Waals surface area contributed by atoms with Gasteiger partial charge in [-0.05, 0) is 48.2 Å². The maximum atomic E-state index is 15.8. The van der Waals surface area contributed by atoms with Crippen LogP contribution in [0.3, 0.4) is 0 Å². The van der Waals surface area contributed by atoms with Crippen LogP contribution in [0, 0.1) is 5.82 Å². The number of aryl methyl sites for hydroxylation is 1. The van der Waals surface area contributed by atoms with E-state index in [9.17, 15) is 8.42 Å². The molecule has 0 radical (unpaired) electrons. The number of ether oxygens (including phenoxy) is 2. The Morgan fingerprint density at radius 2 is 1.93 bits per heavy atom. The van der Waals surface area contributed by atoms with E-state index in [1.54, 1.807) is 37.6 Å².